The van der Waals surface area contributed by atoms with Crippen molar-refractivity contribution < 1.29 is 0 Å². The summed E-state index contributed by atoms with van der Waals surface area (Å²) in [4.78, 5) is 17.5. The van der Waals surface area contributed by atoms with Crippen molar-refractivity contribution in [2.75, 3.05) is 11.5 Å². The molecule has 0 radical (unpaired) electrons. The third-order valence-corrected chi connectivity index (χ3v) is 7.82. The molecule has 0 aliphatic rings. The van der Waals surface area contributed by atoms with Crippen molar-refractivity contribution in [1.29, 1.82) is 0 Å². The van der Waals surface area contributed by atoms with Crippen LogP contribution in [0, 0.1) is 5.92 Å². The topological polar surface area (TPSA) is 105 Å². The maximum atomic E-state index is 6.29. The van der Waals surface area contributed by atoms with Gasteiger partial charge in [-0.3, -0.25) is 9.98 Å². The minimum Gasteiger partial charge on any atom is -0.397 e. The van der Waals surface area contributed by atoms with Crippen LogP contribution in [0.25, 0.3) is 33.5 Å². The molecule has 5 aromatic rings. The number of H-pyrrole nitrogens is 1. The largest absolute Gasteiger partial charge is 0.397 e. The Morgan fingerprint density at radius 1 is 0.837 bits per heavy atom. The summed E-state index contributed by atoms with van der Waals surface area (Å²) in [5.41, 5.74) is 23.1. The summed E-state index contributed by atoms with van der Waals surface area (Å²) in [6.45, 7) is 10.9. The maximum Gasteiger partial charge on any atom is 0.138 e. The zero-order chi connectivity index (χ0) is 30.6. The Hall–Kier alpha value is -4.71. The minimum atomic E-state index is -0.0365. The van der Waals surface area contributed by atoms with Gasteiger partial charge in [0, 0.05) is 18.0 Å². The lowest BCUT2D eigenvalue weighted by Gasteiger charge is -2.26. The Morgan fingerprint density at radius 3 is 2.40 bits per heavy atom. The van der Waals surface area contributed by atoms with Gasteiger partial charge in [0.2, 0.25) is 0 Å². The summed E-state index contributed by atoms with van der Waals surface area (Å²) in [7, 11) is 0. The predicted octanol–water partition coefficient (Wildman–Crippen LogP) is 9.44. The fraction of sp³-hybridized carbons (Fsp3) is 0.270. The average molecular weight is 571 g/mol. The van der Waals surface area contributed by atoms with E-state index in [-0.39, 0.29) is 5.41 Å². The number of aromatic amines is 1. The Labute approximate surface area is 255 Å². The monoisotopic (exact) mass is 570 g/mol. The van der Waals surface area contributed by atoms with Gasteiger partial charge in [0.15, 0.2) is 0 Å². The molecule has 0 spiro atoms. The number of nitrogens with two attached hydrogens (primary N) is 2. The van der Waals surface area contributed by atoms with Crippen LogP contribution in [0.2, 0.25) is 0 Å². The summed E-state index contributed by atoms with van der Waals surface area (Å²) in [6, 6.07) is 27.2. The molecule has 0 aliphatic carbocycles. The van der Waals surface area contributed by atoms with Crippen LogP contribution < -0.4 is 11.5 Å². The fourth-order valence-electron chi connectivity index (χ4n) is 5.14. The first-order chi connectivity index (χ1) is 20.6. The molecule has 0 unspecified atom stereocenters. The zero-order valence-corrected chi connectivity index (χ0v) is 25.9. The van der Waals surface area contributed by atoms with Crippen LogP contribution in [0.15, 0.2) is 88.8 Å². The van der Waals surface area contributed by atoms with Crippen LogP contribution >= 0.6 is 0 Å². The second-order valence-electron chi connectivity index (χ2n) is 12.2. The van der Waals surface area contributed by atoms with Crippen molar-refractivity contribution in [3.63, 3.8) is 0 Å². The third-order valence-electron chi connectivity index (χ3n) is 7.82. The number of nitrogens with one attached hydrogen (secondary N) is 1. The molecule has 0 saturated carbocycles. The maximum absolute atomic E-state index is 6.29. The van der Waals surface area contributed by atoms with Crippen molar-refractivity contribution in [2.24, 2.45) is 15.9 Å². The smallest absolute Gasteiger partial charge is 0.138 e. The van der Waals surface area contributed by atoms with Gasteiger partial charge in [-0.25, -0.2) is 4.98 Å². The van der Waals surface area contributed by atoms with Crippen LogP contribution in [-0.2, 0) is 11.8 Å². The number of benzene rings is 4. The summed E-state index contributed by atoms with van der Waals surface area (Å²) in [5, 5.41) is 0. The van der Waals surface area contributed by atoms with Gasteiger partial charge in [-0.2, -0.15) is 0 Å². The highest BCUT2D eigenvalue weighted by molar-refractivity contribution is 5.86. The summed E-state index contributed by atoms with van der Waals surface area (Å²) in [5.74, 6) is 1.24. The Morgan fingerprint density at radius 2 is 1.63 bits per heavy atom. The number of imidazole rings is 1. The van der Waals surface area contributed by atoms with E-state index in [1.807, 2.05) is 30.6 Å². The lowest BCUT2D eigenvalue weighted by atomic mass is 9.79. The number of hydrogen-bond acceptors (Lipinski definition) is 5. The Kier molecular flexibility index (Phi) is 8.76. The standard InChI is InChI=1S/C37H42N6/c1-6-18-40-32-14-11-26(21-31(32)39)27-12-15-33-35(22-27)43-36(42-33)28-8-7-9-29(20-28)37(4,5)17-16-25-10-13-30(38)34(19-25)41-23-24(2)3/h7-15,18-24H,6,16-17,38-39H2,1-5H3,(H,42,43). The molecule has 0 bridgehead atoms. The van der Waals surface area contributed by atoms with Crippen LogP contribution in [-0.4, -0.2) is 22.4 Å². The molecule has 5 rings (SSSR count). The number of aromatic nitrogens is 2. The number of nitrogens with zero attached hydrogens (tertiary/aromatic N) is 3. The molecule has 1 heterocycles. The van der Waals surface area contributed by atoms with Gasteiger partial charge in [-0.1, -0.05) is 71.0 Å². The highest BCUT2D eigenvalue weighted by Gasteiger charge is 2.22. The molecule has 6 heteroatoms. The lowest BCUT2D eigenvalue weighted by Crippen LogP contribution is -2.18. The Balaban J connectivity index is 1.35. The minimum absolute atomic E-state index is 0.0365. The van der Waals surface area contributed by atoms with Crippen LogP contribution in [0.5, 0.6) is 0 Å². The van der Waals surface area contributed by atoms with E-state index in [9.17, 15) is 0 Å². The van der Waals surface area contributed by atoms with Gasteiger partial charge >= 0.3 is 0 Å². The summed E-state index contributed by atoms with van der Waals surface area (Å²) >= 11 is 0. The summed E-state index contributed by atoms with van der Waals surface area (Å²) < 4.78 is 0. The van der Waals surface area contributed by atoms with Crippen molar-refractivity contribution >= 4 is 46.2 Å². The highest BCUT2D eigenvalue weighted by atomic mass is 14.9. The first kappa shape index (κ1) is 29.8. The second-order valence-corrected chi connectivity index (χ2v) is 12.2. The number of anilines is 2. The van der Waals surface area contributed by atoms with Crippen molar-refractivity contribution in [3.05, 3.63) is 90.0 Å². The highest BCUT2D eigenvalue weighted by Crippen LogP contribution is 2.34. The van der Waals surface area contributed by atoms with Gasteiger partial charge in [-0.15, -0.1) is 0 Å². The van der Waals surface area contributed by atoms with Gasteiger partial charge in [0.25, 0.3) is 0 Å². The summed E-state index contributed by atoms with van der Waals surface area (Å²) in [6.07, 6.45) is 6.62. The average Bonchev–Trinajstić information content (AvgIpc) is 3.43. The van der Waals surface area contributed by atoms with Gasteiger partial charge in [0.05, 0.1) is 33.8 Å². The van der Waals surface area contributed by atoms with Crippen LogP contribution in [0.4, 0.5) is 22.7 Å². The molecular formula is C37H42N6. The van der Waals surface area contributed by atoms with Crippen LogP contribution in [0.3, 0.4) is 0 Å². The normalized spacial score (nSPS) is 12.3. The number of hydrogen-bond donors (Lipinski definition) is 3. The molecule has 0 fully saturated rings. The van der Waals surface area contributed by atoms with E-state index >= 15 is 0 Å². The molecule has 220 valence electrons. The number of aryl methyl sites for hydroxylation is 1. The predicted molar refractivity (Wildman–Crippen MR) is 185 cm³/mol. The molecule has 43 heavy (non-hydrogen) atoms. The molecule has 1 aromatic heterocycles. The number of aliphatic imine (C=N–C) groups is 2. The quantitative estimate of drug-likeness (QED) is 0.115. The Bertz CT molecular complexity index is 1790. The van der Waals surface area contributed by atoms with Crippen molar-refractivity contribution in [1.82, 2.24) is 9.97 Å². The molecule has 0 aliphatic heterocycles. The van der Waals surface area contributed by atoms with E-state index in [2.05, 4.69) is 110 Å². The van der Waals surface area contributed by atoms with Gasteiger partial charge < -0.3 is 16.5 Å². The van der Waals surface area contributed by atoms with E-state index in [0.717, 1.165) is 64.2 Å². The van der Waals surface area contributed by atoms with E-state index in [4.69, 9.17) is 16.5 Å². The van der Waals surface area contributed by atoms with Gasteiger partial charge in [0.1, 0.15) is 5.82 Å². The van der Waals surface area contributed by atoms with E-state index in [1.54, 1.807) is 0 Å². The SMILES string of the molecule is CCC=Nc1ccc(-c2ccc3nc(-c4cccc(C(C)(C)CCc5ccc(N)c(N=CC(C)C)c5)c4)[nH]c3c2)cc1N. The molecule has 5 N–H and O–H groups in total. The second kappa shape index (κ2) is 12.7. The van der Waals surface area contributed by atoms with E-state index in [0.29, 0.717) is 17.3 Å². The lowest BCUT2D eigenvalue weighted by molar-refractivity contribution is 0.480. The zero-order valence-electron chi connectivity index (χ0n) is 25.9. The molecule has 6 nitrogen and oxygen atoms in total. The van der Waals surface area contributed by atoms with Crippen LogP contribution in [0.1, 0.15) is 58.6 Å². The molecule has 0 saturated heterocycles. The molecular weight excluding hydrogens is 528 g/mol. The number of nitrogen functional groups attached to an aromatic ring is 2. The van der Waals surface area contributed by atoms with Gasteiger partial charge in [-0.05, 0) is 95.3 Å². The molecule has 4 aromatic carbocycles. The van der Waals surface area contributed by atoms with Crippen molar-refractivity contribution in [3.8, 4) is 22.5 Å². The van der Waals surface area contributed by atoms with E-state index in [1.165, 1.54) is 11.1 Å². The molecule has 0 amide bonds. The number of rotatable bonds is 10. The fourth-order valence-corrected chi connectivity index (χ4v) is 5.14. The molecule has 0 atom stereocenters. The first-order valence-corrected chi connectivity index (χ1v) is 15.1. The third kappa shape index (κ3) is 7.03. The number of fused-ring (bicyclic) bond motifs is 1. The van der Waals surface area contributed by atoms with Crippen molar-refractivity contribution in [2.45, 2.75) is 59.3 Å². The van der Waals surface area contributed by atoms with E-state index < -0.39 is 0 Å². The first-order valence-electron chi connectivity index (χ1n) is 15.1.